The Morgan fingerprint density at radius 1 is 0.667 bits per heavy atom. The van der Waals surface area contributed by atoms with Crippen molar-refractivity contribution in [3.8, 4) is 0 Å². The predicted molar refractivity (Wildman–Crippen MR) is 156 cm³/mol. The van der Waals surface area contributed by atoms with Crippen LogP contribution in [0.2, 0.25) is 0 Å². The van der Waals surface area contributed by atoms with Crippen molar-refractivity contribution in [1.82, 2.24) is 4.90 Å². The molecule has 0 aromatic carbocycles. The molecular formula is C31H62N2O3. The fourth-order valence-corrected chi connectivity index (χ4v) is 4.18. The van der Waals surface area contributed by atoms with Crippen molar-refractivity contribution in [3.63, 3.8) is 0 Å². The van der Waals surface area contributed by atoms with E-state index in [-0.39, 0.29) is 5.91 Å². The van der Waals surface area contributed by atoms with Gasteiger partial charge < -0.3 is 15.7 Å². The number of unbranched alkanes of at least 4 members (excludes halogenated alkanes) is 19. The van der Waals surface area contributed by atoms with Gasteiger partial charge in [-0.2, -0.15) is 0 Å². The fraction of sp³-hybridized carbons (Fsp3) is 0.871. The SMILES string of the molecule is CC(=CCCCN(C)C)C(N)=O.CCCCCCCCCCCCCCCCCCCCCC(=O)O. The zero-order valence-electron chi connectivity index (χ0n) is 24.6. The molecule has 0 fully saturated rings. The van der Waals surface area contributed by atoms with E-state index in [1.807, 2.05) is 20.2 Å². The first-order chi connectivity index (χ1) is 17.3. The molecule has 0 aliphatic carbocycles. The summed E-state index contributed by atoms with van der Waals surface area (Å²) in [6.45, 7) is 5.08. The van der Waals surface area contributed by atoms with Crippen molar-refractivity contribution < 1.29 is 14.7 Å². The highest BCUT2D eigenvalue weighted by Gasteiger charge is 1.98. The monoisotopic (exact) mass is 510 g/mol. The number of hydrogen-bond donors (Lipinski definition) is 2. The van der Waals surface area contributed by atoms with E-state index in [2.05, 4.69) is 11.8 Å². The molecule has 0 aliphatic heterocycles. The molecular weight excluding hydrogens is 448 g/mol. The first kappa shape index (κ1) is 36.8. The van der Waals surface area contributed by atoms with Crippen LogP contribution in [0.5, 0.6) is 0 Å². The Balaban J connectivity index is 0. The lowest BCUT2D eigenvalue weighted by Crippen LogP contribution is -2.13. The van der Waals surface area contributed by atoms with Crippen molar-refractivity contribution in [2.24, 2.45) is 5.73 Å². The van der Waals surface area contributed by atoms with Gasteiger partial charge in [0.15, 0.2) is 0 Å². The smallest absolute Gasteiger partial charge is 0.303 e. The van der Waals surface area contributed by atoms with Gasteiger partial charge >= 0.3 is 5.97 Å². The van der Waals surface area contributed by atoms with E-state index in [9.17, 15) is 9.59 Å². The van der Waals surface area contributed by atoms with E-state index < -0.39 is 5.97 Å². The van der Waals surface area contributed by atoms with Crippen LogP contribution in [0.4, 0.5) is 0 Å². The lowest BCUT2D eigenvalue weighted by atomic mass is 10.0. The van der Waals surface area contributed by atoms with Crippen molar-refractivity contribution in [2.45, 2.75) is 155 Å². The van der Waals surface area contributed by atoms with Crippen LogP contribution < -0.4 is 5.73 Å². The topological polar surface area (TPSA) is 83.6 Å². The molecule has 0 saturated heterocycles. The van der Waals surface area contributed by atoms with Crippen LogP contribution in [0, 0.1) is 0 Å². The van der Waals surface area contributed by atoms with Gasteiger partial charge in [-0.25, -0.2) is 0 Å². The van der Waals surface area contributed by atoms with Gasteiger partial charge in [-0.05, 0) is 46.8 Å². The molecule has 0 aliphatic rings. The van der Waals surface area contributed by atoms with Crippen LogP contribution in [-0.2, 0) is 9.59 Å². The summed E-state index contributed by atoms with van der Waals surface area (Å²) in [7, 11) is 4.06. The first-order valence-corrected chi connectivity index (χ1v) is 15.1. The van der Waals surface area contributed by atoms with E-state index in [0.29, 0.717) is 12.0 Å². The number of carbonyl (C=O) groups is 2. The molecule has 0 atom stereocenters. The number of aliphatic carboxylic acids is 1. The molecule has 5 heteroatoms. The third-order valence-electron chi connectivity index (χ3n) is 6.64. The number of hydrogen-bond acceptors (Lipinski definition) is 3. The van der Waals surface area contributed by atoms with Crippen LogP contribution in [0.3, 0.4) is 0 Å². The second-order valence-electron chi connectivity index (χ2n) is 10.7. The van der Waals surface area contributed by atoms with Crippen molar-refractivity contribution in [3.05, 3.63) is 11.6 Å². The number of amides is 1. The molecule has 214 valence electrons. The maximum atomic E-state index is 10.6. The van der Waals surface area contributed by atoms with Crippen molar-refractivity contribution in [2.75, 3.05) is 20.6 Å². The minimum Gasteiger partial charge on any atom is -0.481 e. The lowest BCUT2D eigenvalue weighted by molar-refractivity contribution is -0.137. The summed E-state index contributed by atoms with van der Waals surface area (Å²) >= 11 is 0. The van der Waals surface area contributed by atoms with Gasteiger partial charge in [-0.1, -0.05) is 129 Å². The Hall–Kier alpha value is -1.36. The number of nitrogens with two attached hydrogens (primary N) is 1. The Kier molecular flexibility index (Phi) is 30.5. The third kappa shape index (κ3) is 34.8. The summed E-state index contributed by atoms with van der Waals surface area (Å²) in [5.41, 5.74) is 5.72. The molecule has 36 heavy (non-hydrogen) atoms. The minimum absolute atomic E-state index is 0.320. The van der Waals surface area contributed by atoms with Crippen LogP contribution in [0.25, 0.3) is 0 Å². The molecule has 3 N–H and O–H groups in total. The van der Waals surface area contributed by atoms with Crippen LogP contribution >= 0.6 is 0 Å². The van der Waals surface area contributed by atoms with Crippen molar-refractivity contribution >= 4 is 11.9 Å². The summed E-state index contributed by atoms with van der Waals surface area (Å²) in [6.07, 6.45) is 30.0. The molecule has 0 radical (unpaired) electrons. The normalized spacial score (nSPS) is 11.4. The summed E-state index contributed by atoms with van der Waals surface area (Å²) in [6, 6.07) is 0. The molecule has 0 unspecified atom stereocenters. The summed E-state index contributed by atoms with van der Waals surface area (Å²) in [5, 5.41) is 8.56. The van der Waals surface area contributed by atoms with E-state index in [1.54, 1.807) is 6.92 Å². The van der Waals surface area contributed by atoms with E-state index >= 15 is 0 Å². The Morgan fingerprint density at radius 2 is 1.03 bits per heavy atom. The average molecular weight is 511 g/mol. The average Bonchev–Trinajstić information content (AvgIpc) is 2.83. The number of primary amides is 1. The quantitative estimate of drug-likeness (QED) is 0.0950. The van der Waals surface area contributed by atoms with E-state index in [1.165, 1.54) is 109 Å². The van der Waals surface area contributed by atoms with Crippen LogP contribution in [0.1, 0.15) is 155 Å². The van der Waals surface area contributed by atoms with Gasteiger partial charge in [0.25, 0.3) is 0 Å². The van der Waals surface area contributed by atoms with E-state index in [0.717, 1.165) is 32.2 Å². The van der Waals surface area contributed by atoms with Gasteiger partial charge in [0, 0.05) is 12.0 Å². The van der Waals surface area contributed by atoms with Crippen LogP contribution in [0.15, 0.2) is 11.6 Å². The molecule has 0 heterocycles. The second-order valence-corrected chi connectivity index (χ2v) is 10.7. The highest BCUT2D eigenvalue weighted by Crippen LogP contribution is 2.14. The van der Waals surface area contributed by atoms with Gasteiger partial charge in [0.1, 0.15) is 0 Å². The molecule has 0 rings (SSSR count). The highest BCUT2D eigenvalue weighted by atomic mass is 16.4. The summed E-state index contributed by atoms with van der Waals surface area (Å²) in [4.78, 5) is 23.1. The van der Waals surface area contributed by atoms with Gasteiger partial charge in [-0.15, -0.1) is 0 Å². The molecule has 0 spiro atoms. The number of carboxylic acids is 1. The minimum atomic E-state index is -0.651. The molecule has 5 nitrogen and oxygen atoms in total. The largest absolute Gasteiger partial charge is 0.481 e. The molecule has 1 amide bonds. The number of rotatable bonds is 25. The number of allylic oxidation sites excluding steroid dienone is 1. The summed E-state index contributed by atoms with van der Waals surface area (Å²) < 4.78 is 0. The molecule has 0 bridgehead atoms. The fourth-order valence-electron chi connectivity index (χ4n) is 4.18. The molecule has 0 aromatic heterocycles. The highest BCUT2D eigenvalue weighted by molar-refractivity contribution is 5.91. The zero-order chi connectivity index (χ0) is 27.3. The molecule has 0 aromatic rings. The van der Waals surface area contributed by atoms with Crippen LogP contribution in [-0.4, -0.2) is 42.5 Å². The maximum Gasteiger partial charge on any atom is 0.303 e. The Morgan fingerprint density at radius 3 is 1.33 bits per heavy atom. The number of nitrogens with zero attached hydrogens (tertiary/aromatic N) is 1. The number of carboxylic acid groups (broad SMARTS) is 1. The third-order valence-corrected chi connectivity index (χ3v) is 6.64. The maximum absolute atomic E-state index is 10.6. The zero-order valence-corrected chi connectivity index (χ0v) is 24.6. The summed E-state index contributed by atoms with van der Waals surface area (Å²) in [5.74, 6) is -0.971. The molecule has 0 saturated carbocycles. The second kappa shape index (κ2) is 29.9. The van der Waals surface area contributed by atoms with E-state index in [4.69, 9.17) is 10.8 Å². The predicted octanol–water partition coefficient (Wildman–Crippen LogP) is 8.65. The van der Waals surface area contributed by atoms with Crippen molar-refractivity contribution in [1.29, 1.82) is 0 Å². The van der Waals surface area contributed by atoms with Gasteiger partial charge in [-0.3, -0.25) is 9.59 Å². The number of carbonyl (C=O) groups excluding carboxylic acids is 1. The Labute approximate surface area is 224 Å². The first-order valence-electron chi connectivity index (χ1n) is 15.1. The standard InChI is InChI=1S/C22H44O2.C9H18N2O/c1-2-3-4-5-6-7-8-9-10-11-12-13-14-15-16-17-18-19-20-21-22(23)24;1-8(9(10)12)6-4-5-7-11(2)3/h2-21H2,1H3,(H,23,24);6H,4-5,7H2,1-3H3,(H2,10,12). The van der Waals surface area contributed by atoms with Gasteiger partial charge in [0.05, 0.1) is 0 Å². The lowest BCUT2D eigenvalue weighted by Gasteiger charge is -2.06. The Bertz CT molecular complexity index is 518. The van der Waals surface area contributed by atoms with Gasteiger partial charge in [0.2, 0.25) is 5.91 Å².